The maximum atomic E-state index is 14.5. The molecule has 1 fully saturated rings. The summed E-state index contributed by atoms with van der Waals surface area (Å²) >= 11 is 0. The van der Waals surface area contributed by atoms with Gasteiger partial charge >= 0.3 is 0 Å². The number of nitrogens with zero attached hydrogens (tertiary/aromatic N) is 5. The molecule has 0 saturated heterocycles. The number of benzene rings is 3. The Bertz CT molecular complexity index is 1630. The molecule has 2 spiro atoms. The zero-order valence-electron chi connectivity index (χ0n) is 23.2. The molecular weight excluding hydrogens is 506 g/mol. The average Bonchev–Trinajstić information content (AvgIpc) is 3.41. The number of hydrogen-bond donors (Lipinski definition) is 0. The number of hydrogen-bond acceptors (Lipinski definition) is 6. The molecule has 40 heavy (non-hydrogen) atoms. The summed E-state index contributed by atoms with van der Waals surface area (Å²) in [6.07, 6.45) is 0. The smallest absolute Gasteiger partial charge is 0.269 e. The number of hydrazone groups is 2. The van der Waals surface area contributed by atoms with Crippen molar-refractivity contribution in [2.24, 2.45) is 21.0 Å². The molecule has 0 bridgehead atoms. The second kappa shape index (κ2) is 8.42. The number of carbonyl (C=O) groups is 2. The summed E-state index contributed by atoms with van der Waals surface area (Å²) in [6.45, 7) is 11.4. The van der Waals surface area contributed by atoms with E-state index >= 15 is 0 Å². The van der Waals surface area contributed by atoms with Crippen LogP contribution in [0.15, 0.2) is 70.9 Å². The van der Waals surface area contributed by atoms with E-state index in [1.807, 2.05) is 64.1 Å². The lowest BCUT2D eigenvalue weighted by Crippen LogP contribution is -2.40. The summed E-state index contributed by atoms with van der Waals surface area (Å²) in [5, 5.41) is 23.9. The van der Waals surface area contributed by atoms with Crippen LogP contribution in [0.3, 0.4) is 0 Å². The van der Waals surface area contributed by atoms with Gasteiger partial charge in [-0.05, 0) is 93.6 Å². The zero-order valence-corrected chi connectivity index (χ0v) is 23.2. The molecule has 202 valence electrons. The Morgan fingerprint density at radius 1 is 0.700 bits per heavy atom. The number of fused-ring (bicyclic) bond motifs is 1. The highest BCUT2D eigenvalue weighted by molar-refractivity contribution is 6.37. The summed E-state index contributed by atoms with van der Waals surface area (Å²) < 4.78 is 0. The molecule has 2 heterocycles. The molecule has 2 atom stereocenters. The monoisotopic (exact) mass is 535 g/mol. The minimum atomic E-state index is -1.36. The van der Waals surface area contributed by atoms with E-state index in [2.05, 4.69) is 0 Å². The van der Waals surface area contributed by atoms with E-state index in [0.717, 1.165) is 22.3 Å². The third-order valence-electron chi connectivity index (χ3n) is 8.99. The zero-order chi connectivity index (χ0) is 28.7. The Morgan fingerprint density at radius 3 is 1.60 bits per heavy atom. The largest absolute Gasteiger partial charge is 0.271 e. The molecule has 3 aromatic rings. The Morgan fingerprint density at radius 2 is 1.18 bits per heavy atom. The lowest BCUT2D eigenvalue weighted by atomic mass is 9.85. The molecule has 0 aromatic heterocycles. The fourth-order valence-corrected chi connectivity index (χ4v) is 6.62. The Labute approximate surface area is 231 Å². The van der Waals surface area contributed by atoms with Crippen molar-refractivity contribution in [1.29, 1.82) is 0 Å². The molecule has 2 aliphatic heterocycles. The number of amides is 2. The highest BCUT2D eigenvalue weighted by Gasteiger charge is 2.91. The van der Waals surface area contributed by atoms with Crippen LogP contribution in [0.25, 0.3) is 0 Å². The molecule has 9 nitrogen and oxygen atoms in total. The van der Waals surface area contributed by atoms with Gasteiger partial charge < -0.3 is 0 Å². The van der Waals surface area contributed by atoms with Crippen LogP contribution in [0.2, 0.25) is 0 Å². The lowest BCUT2D eigenvalue weighted by Gasteiger charge is -2.19. The molecule has 9 heteroatoms. The van der Waals surface area contributed by atoms with Crippen molar-refractivity contribution >= 4 is 40.3 Å². The summed E-state index contributed by atoms with van der Waals surface area (Å²) in [4.78, 5) is 40.3. The van der Waals surface area contributed by atoms with Gasteiger partial charge in [0.15, 0.2) is 0 Å². The van der Waals surface area contributed by atoms with Crippen molar-refractivity contribution in [2.75, 3.05) is 10.0 Å². The van der Waals surface area contributed by atoms with E-state index in [-0.39, 0.29) is 17.5 Å². The summed E-state index contributed by atoms with van der Waals surface area (Å²) in [7, 11) is 0. The van der Waals surface area contributed by atoms with Crippen LogP contribution in [-0.4, -0.2) is 28.2 Å². The van der Waals surface area contributed by atoms with Gasteiger partial charge in [-0.3, -0.25) is 19.7 Å². The molecule has 2 unspecified atom stereocenters. The van der Waals surface area contributed by atoms with Crippen molar-refractivity contribution in [3.05, 3.63) is 98.6 Å². The normalized spacial score (nSPS) is 25.2. The van der Waals surface area contributed by atoms with E-state index in [0.29, 0.717) is 28.4 Å². The maximum absolute atomic E-state index is 14.5. The minimum absolute atomic E-state index is 0.105. The number of nitro benzene ring substituents is 1. The predicted octanol–water partition coefficient (Wildman–Crippen LogP) is 5.74. The Hall–Kier alpha value is -4.66. The summed E-state index contributed by atoms with van der Waals surface area (Å²) in [6, 6.07) is 17.5. The fraction of sp³-hybridized carbons (Fsp3) is 0.290. The van der Waals surface area contributed by atoms with Gasteiger partial charge in [-0.25, -0.2) is 0 Å². The fourth-order valence-electron chi connectivity index (χ4n) is 6.62. The van der Waals surface area contributed by atoms with Crippen LogP contribution in [0.1, 0.15) is 47.6 Å². The highest BCUT2D eigenvalue weighted by atomic mass is 16.6. The van der Waals surface area contributed by atoms with E-state index in [1.165, 1.54) is 22.2 Å². The number of nitro groups is 1. The predicted molar refractivity (Wildman–Crippen MR) is 154 cm³/mol. The van der Waals surface area contributed by atoms with Crippen LogP contribution in [0, 0.1) is 48.6 Å². The standard InChI is InChI=1S/C31H29N5O4/c1-17-10-12-24(14-19(17)3)34-28(37)30(21(5)32-34)27(23-8-7-9-26(16-23)36(39)40)31(30)22(6)33-35(29(31)38)25-13-11-18(2)20(4)15-25/h7-16,27H,1-6H3. The number of aryl methyl sites for hydroxylation is 4. The molecule has 3 aromatic carbocycles. The van der Waals surface area contributed by atoms with Gasteiger partial charge in [0.1, 0.15) is 10.8 Å². The van der Waals surface area contributed by atoms with Crippen molar-refractivity contribution in [2.45, 2.75) is 47.5 Å². The molecule has 3 aliphatic rings. The second-order valence-electron chi connectivity index (χ2n) is 11.0. The maximum Gasteiger partial charge on any atom is 0.269 e. The third kappa shape index (κ3) is 3.08. The van der Waals surface area contributed by atoms with Crippen molar-refractivity contribution in [3.8, 4) is 0 Å². The Balaban J connectivity index is 1.53. The van der Waals surface area contributed by atoms with E-state index < -0.39 is 21.7 Å². The quantitative estimate of drug-likeness (QED) is 0.313. The van der Waals surface area contributed by atoms with Crippen molar-refractivity contribution < 1.29 is 14.5 Å². The van der Waals surface area contributed by atoms with Gasteiger partial charge in [0.05, 0.1) is 27.7 Å². The summed E-state index contributed by atoms with van der Waals surface area (Å²) in [5.74, 6) is -1.38. The lowest BCUT2D eigenvalue weighted by molar-refractivity contribution is -0.384. The number of anilines is 2. The van der Waals surface area contributed by atoms with Crippen LogP contribution in [0.5, 0.6) is 0 Å². The van der Waals surface area contributed by atoms with Crippen LogP contribution >= 0.6 is 0 Å². The van der Waals surface area contributed by atoms with E-state index in [4.69, 9.17) is 10.2 Å². The molecule has 2 amide bonds. The Kier molecular flexibility index (Phi) is 5.39. The first-order valence-electron chi connectivity index (χ1n) is 13.2. The van der Waals surface area contributed by atoms with Gasteiger partial charge in [0, 0.05) is 18.1 Å². The van der Waals surface area contributed by atoms with Gasteiger partial charge in [-0.15, -0.1) is 0 Å². The SMILES string of the molecule is CC1=NN(c2ccc(C)c(C)c2)C(=O)C12C(c1cccc([N+](=O)[O-])c1)C21C(=O)N(c2ccc(C)c(C)c2)N=C1C. The van der Waals surface area contributed by atoms with Gasteiger partial charge in [-0.1, -0.05) is 24.3 Å². The number of carbonyl (C=O) groups excluding carboxylic acids is 2. The average molecular weight is 536 g/mol. The molecule has 6 rings (SSSR count). The topological polar surface area (TPSA) is 108 Å². The third-order valence-corrected chi connectivity index (χ3v) is 8.99. The highest BCUT2D eigenvalue weighted by Crippen LogP contribution is 2.79. The molecule has 0 N–H and O–H groups in total. The van der Waals surface area contributed by atoms with Gasteiger partial charge in [0.25, 0.3) is 17.5 Å². The van der Waals surface area contributed by atoms with Crippen molar-refractivity contribution in [3.63, 3.8) is 0 Å². The van der Waals surface area contributed by atoms with Gasteiger partial charge in [-0.2, -0.15) is 20.2 Å². The van der Waals surface area contributed by atoms with Crippen LogP contribution in [0.4, 0.5) is 17.1 Å². The molecule has 1 aliphatic carbocycles. The molecule has 1 saturated carbocycles. The van der Waals surface area contributed by atoms with E-state index in [1.54, 1.807) is 26.0 Å². The second-order valence-corrected chi connectivity index (χ2v) is 11.0. The van der Waals surface area contributed by atoms with Crippen LogP contribution < -0.4 is 10.0 Å². The first kappa shape index (κ1) is 25.6. The molecule has 0 radical (unpaired) electrons. The van der Waals surface area contributed by atoms with Crippen molar-refractivity contribution in [1.82, 2.24) is 0 Å². The number of non-ortho nitro benzene ring substituents is 1. The van der Waals surface area contributed by atoms with E-state index in [9.17, 15) is 19.7 Å². The first-order valence-corrected chi connectivity index (χ1v) is 13.2. The summed E-state index contributed by atoms with van der Waals surface area (Å²) in [5.41, 5.74) is 4.07. The first-order chi connectivity index (χ1) is 19.0. The van der Waals surface area contributed by atoms with Gasteiger partial charge in [0.2, 0.25) is 0 Å². The molecular formula is C31H29N5O4. The van der Waals surface area contributed by atoms with Crippen LogP contribution in [-0.2, 0) is 9.59 Å². The minimum Gasteiger partial charge on any atom is -0.271 e. The number of rotatable bonds is 4.